The third-order valence-electron chi connectivity index (χ3n) is 18.2. The first-order chi connectivity index (χ1) is 28.3. The molecule has 3 saturated heterocycles. The summed E-state index contributed by atoms with van der Waals surface area (Å²) < 4.78 is 19.0. The van der Waals surface area contributed by atoms with Gasteiger partial charge in [-0.3, -0.25) is 4.90 Å². The zero-order valence-electron chi connectivity index (χ0n) is 35.0. The Morgan fingerprint density at radius 3 is 2.53 bits per heavy atom. The Morgan fingerprint density at radius 2 is 1.74 bits per heavy atom. The van der Waals surface area contributed by atoms with Gasteiger partial charge in [0, 0.05) is 46.9 Å². The van der Waals surface area contributed by atoms with Crippen LogP contribution in [-0.4, -0.2) is 58.3 Å². The fourth-order valence-electron chi connectivity index (χ4n) is 15.7. The average Bonchev–Trinajstić information content (AvgIpc) is 4.10. The molecule has 3 bridgehead atoms. The Kier molecular flexibility index (Phi) is 10.1. The molecule has 1 aromatic carbocycles. The molecule has 0 aromatic heterocycles. The quantitative estimate of drug-likeness (QED) is 0.184. The maximum absolute atomic E-state index is 13.6. The molecule has 7 fully saturated rings. The Bertz CT molecular complexity index is 1910. The summed E-state index contributed by atoms with van der Waals surface area (Å²) in [7, 11) is 6.08. The van der Waals surface area contributed by atoms with Gasteiger partial charge in [0.15, 0.2) is 11.5 Å². The van der Waals surface area contributed by atoms with Gasteiger partial charge in [0.25, 0.3) is 0 Å². The van der Waals surface area contributed by atoms with E-state index in [1.165, 1.54) is 89.0 Å². The molecule has 4 saturated carbocycles. The maximum atomic E-state index is 13.6. The van der Waals surface area contributed by atoms with Gasteiger partial charge in [-0.1, -0.05) is 109 Å². The number of fused-ring (bicyclic) bond motifs is 7. The van der Waals surface area contributed by atoms with Gasteiger partial charge in [-0.05, 0) is 124 Å². The van der Waals surface area contributed by atoms with E-state index in [0.29, 0.717) is 45.5 Å². The smallest absolute Gasteiger partial charge is 0.343 e. The van der Waals surface area contributed by atoms with Crippen molar-refractivity contribution in [2.24, 2.45) is 52.8 Å². The summed E-state index contributed by atoms with van der Waals surface area (Å²) in [6.07, 6.45) is 25.2. The highest BCUT2D eigenvalue weighted by Crippen LogP contribution is 2.71. The lowest BCUT2D eigenvalue weighted by atomic mass is 9.64. The van der Waals surface area contributed by atoms with Crippen LogP contribution in [0.25, 0.3) is 0 Å². The molecule has 1 N–H and O–H groups in total. The number of hydrogen-bond donors (Lipinski definition) is 1. The summed E-state index contributed by atoms with van der Waals surface area (Å²) in [5, 5.41) is 13.6. The Labute approximate surface area is 354 Å². The molecule has 58 heavy (non-hydrogen) atoms. The van der Waals surface area contributed by atoms with Gasteiger partial charge in [0.2, 0.25) is 5.76 Å². The van der Waals surface area contributed by atoms with Crippen molar-refractivity contribution in [2.45, 2.75) is 145 Å². The Morgan fingerprint density at radius 1 is 0.931 bits per heavy atom. The van der Waals surface area contributed by atoms with Gasteiger partial charge in [-0.25, -0.2) is 4.79 Å². The van der Waals surface area contributed by atoms with Gasteiger partial charge >= 0.3 is 5.97 Å². The SMILES string of the molecule is COC1=C(C)C(=O)OC1=C1OC2=CCCN3C4[C@@H](O)[C@H]5C[C@H](C6CCCC6)CC=C5CSSC5(CCCC5)[C@@H]5CC[C@@]6(C5)C[C@@H]4[C@H](C[C@@H]3[C@@H]2[C@H]1C)[C@H]6c1ccccc1. The molecular weight excluding hydrogens is 759 g/mol. The number of carbonyl (C=O) groups is 1. The lowest BCUT2D eigenvalue weighted by Crippen LogP contribution is -2.62. The topological polar surface area (TPSA) is 68.2 Å². The van der Waals surface area contributed by atoms with E-state index in [1.807, 2.05) is 0 Å². The summed E-state index contributed by atoms with van der Waals surface area (Å²) in [5.74, 6) is 7.44. The minimum Gasteiger partial charge on any atom is -0.492 e. The van der Waals surface area contributed by atoms with Crippen molar-refractivity contribution in [1.29, 1.82) is 0 Å². The van der Waals surface area contributed by atoms with Gasteiger partial charge in [-0.15, -0.1) is 0 Å². The molecule has 0 radical (unpaired) electrons. The molecule has 312 valence electrons. The van der Waals surface area contributed by atoms with Crippen molar-refractivity contribution in [1.82, 2.24) is 4.90 Å². The number of nitrogens with zero attached hydrogens (tertiary/aromatic N) is 1. The predicted octanol–water partition coefficient (Wildman–Crippen LogP) is 11.1. The van der Waals surface area contributed by atoms with Crippen molar-refractivity contribution >= 4 is 27.6 Å². The minimum absolute atomic E-state index is 0.00423. The molecule has 2 spiro atoms. The second-order valence-electron chi connectivity index (χ2n) is 20.6. The molecule has 8 heteroatoms. The highest BCUT2D eigenvalue weighted by Gasteiger charge is 2.65. The van der Waals surface area contributed by atoms with Gasteiger partial charge in [-0.2, -0.15) is 0 Å². The van der Waals surface area contributed by atoms with E-state index >= 15 is 0 Å². The molecule has 5 heterocycles. The van der Waals surface area contributed by atoms with Gasteiger partial charge in [0.1, 0.15) is 5.76 Å². The van der Waals surface area contributed by atoms with Crippen LogP contribution in [0.3, 0.4) is 0 Å². The first-order valence-corrected chi connectivity index (χ1v) is 25.7. The van der Waals surface area contributed by atoms with E-state index in [9.17, 15) is 9.90 Å². The van der Waals surface area contributed by atoms with Crippen molar-refractivity contribution in [2.75, 3.05) is 19.4 Å². The molecule has 6 nitrogen and oxygen atoms in total. The van der Waals surface area contributed by atoms with E-state index in [1.54, 1.807) is 19.6 Å². The van der Waals surface area contributed by atoms with Gasteiger partial charge < -0.3 is 19.3 Å². The van der Waals surface area contributed by atoms with Crippen LogP contribution in [0.5, 0.6) is 0 Å². The molecule has 1 aromatic rings. The zero-order chi connectivity index (χ0) is 39.3. The number of piperidine rings is 1. The van der Waals surface area contributed by atoms with Crippen LogP contribution in [0.2, 0.25) is 0 Å². The lowest BCUT2D eigenvalue weighted by Gasteiger charge is -2.54. The van der Waals surface area contributed by atoms with Crippen molar-refractivity contribution in [3.63, 3.8) is 0 Å². The molecule has 11 rings (SSSR count). The van der Waals surface area contributed by atoms with Gasteiger partial charge in [0.05, 0.1) is 18.8 Å². The van der Waals surface area contributed by atoms with Crippen molar-refractivity contribution in [3.05, 3.63) is 82.2 Å². The molecule has 10 aliphatic rings. The lowest BCUT2D eigenvalue weighted by molar-refractivity contribution is -0.133. The first-order valence-electron chi connectivity index (χ1n) is 23.4. The number of allylic oxidation sites excluding steroid dienone is 2. The second kappa shape index (κ2) is 15.0. The largest absolute Gasteiger partial charge is 0.492 e. The number of aliphatic hydroxyl groups is 1. The summed E-state index contributed by atoms with van der Waals surface area (Å²) in [6, 6.07) is 12.0. The number of ether oxygens (including phenoxy) is 3. The second-order valence-corrected chi connectivity index (χ2v) is 23.3. The average molecular weight is 824 g/mol. The van der Waals surface area contributed by atoms with Crippen LogP contribution in [0.4, 0.5) is 0 Å². The third kappa shape index (κ3) is 6.04. The number of rotatable bonds is 3. The van der Waals surface area contributed by atoms with Crippen LogP contribution in [0, 0.1) is 52.8 Å². The molecule has 5 aliphatic carbocycles. The number of carbonyl (C=O) groups excluding carboxylic acids is 1. The van der Waals surface area contributed by atoms with Crippen molar-refractivity contribution < 1.29 is 24.1 Å². The van der Waals surface area contributed by atoms with Crippen LogP contribution < -0.4 is 0 Å². The minimum atomic E-state index is -0.403. The van der Waals surface area contributed by atoms with E-state index < -0.39 is 6.10 Å². The maximum Gasteiger partial charge on any atom is 0.343 e. The summed E-state index contributed by atoms with van der Waals surface area (Å²) in [4.78, 5) is 15.7. The zero-order valence-corrected chi connectivity index (χ0v) is 36.7. The monoisotopic (exact) mass is 823 g/mol. The van der Waals surface area contributed by atoms with E-state index in [2.05, 4.69) is 75.9 Å². The molecule has 1 unspecified atom stereocenters. The van der Waals surface area contributed by atoms with E-state index in [0.717, 1.165) is 54.9 Å². The number of hydrogen-bond acceptors (Lipinski definition) is 8. The normalized spacial score (nSPS) is 43.7. The highest BCUT2D eigenvalue weighted by atomic mass is 33.1. The first kappa shape index (κ1) is 38.8. The number of methoxy groups -OCH3 is 1. The van der Waals surface area contributed by atoms with Crippen molar-refractivity contribution in [3.8, 4) is 0 Å². The predicted molar refractivity (Wildman–Crippen MR) is 232 cm³/mol. The molecule has 5 aliphatic heterocycles. The number of cyclic esters (lactones) is 1. The standard InChI is InChI=1S/C50H65NO5S2/c1-29-41-39-25-37-38-27-49(42(37)32-14-5-4-6-15-32)22-19-35(26-49)50(20-9-10-21-50)58-57-28-34-18-17-33(31-12-7-8-13-31)24-36(34)44(52)43(38)51(39)23-11-16-40(41)55-46(29)47-45(54-3)30(2)48(53)56-47/h4-6,14-16,18,29,31,33,35-39,41-44,52H,7-13,17,19-28H2,1-3H3/t29-,33-,35-,36+,37+,38-,39-,41+,42-,43?,44+,49-/m1/s1. The Balaban J connectivity index is 1.05. The van der Waals surface area contributed by atoms with Crippen LogP contribution in [0.15, 0.2) is 76.7 Å². The fourth-order valence-corrected chi connectivity index (χ4v) is 19.5. The summed E-state index contributed by atoms with van der Waals surface area (Å²) >= 11 is 0. The molecule has 0 amide bonds. The molecule has 12 atom stereocenters. The van der Waals surface area contributed by atoms with E-state index in [4.69, 9.17) is 14.2 Å². The number of benzene rings is 1. The summed E-state index contributed by atoms with van der Waals surface area (Å²) in [5.41, 5.74) is 3.85. The number of aliphatic hydroxyl groups excluding tert-OH is 1. The van der Waals surface area contributed by atoms with E-state index in [-0.39, 0.29) is 41.2 Å². The Hall–Kier alpha value is -2.13. The van der Waals surface area contributed by atoms with Crippen LogP contribution >= 0.6 is 21.6 Å². The third-order valence-corrected chi connectivity index (χ3v) is 21.5. The highest BCUT2D eigenvalue weighted by molar-refractivity contribution is 8.77. The summed E-state index contributed by atoms with van der Waals surface area (Å²) in [6.45, 7) is 5.02. The van der Waals surface area contributed by atoms with Crippen LogP contribution in [0.1, 0.15) is 128 Å². The molecular formula is C50H65NO5S2. The fraction of sp³-hybridized carbons (Fsp3) is 0.700. The number of esters is 1. The van der Waals surface area contributed by atoms with Crippen LogP contribution in [-0.2, 0) is 19.0 Å².